The van der Waals surface area contributed by atoms with Crippen molar-refractivity contribution in [2.45, 2.75) is 18.5 Å². The Morgan fingerprint density at radius 2 is 1.81 bits per heavy atom. The molecule has 1 saturated heterocycles. The number of aromatic nitrogens is 2. The summed E-state index contributed by atoms with van der Waals surface area (Å²) in [5.41, 5.74) is 3.73. The van der Waals surface area contributed by atoms with Crippen LogP contribution in [-0.2, 0) is 4.79 Å². The maximum atomic E-state index is 12.7. The lowest BCUT2D eigenvalue weighted by Gasteiger charge is -2.29. The Morgan fingerprint density at radius 3 is 2.53 bits per heavy atom. The molecule has 36 heavy (non-hydrogen) atoms. The molecule has 4 aromatic rings. The lowest BCUT2D eigenvalue weighted by molar-refractivity contribution is -0.116. The highest BCUT2D eigenvalue weighted by Crippen LogP contribution is 2.39. The topological polar surface area (TPSA) is 71.4 Å². The van der Waals surface area contributed by atoms with Gasteiger partial charge in [0, 0.05) is 42.4 Å². The highest BCUT2D eigenvalue weighted by molar-refractivity contribution is 7.80. The molecule has 0 unspecified atom stereocenters. The molecule has 0 bridgehead atoms. The normalized spacial score (nSPS) is 17.0. The van der Waals surface area contributed by atoms with Crippen LogP contribution in [-0.4, -0.2) is 39.1 Å². The molecule has 0 aliphatic carbocycles. The van der Waals surface area contributed by atoms with Gasteiger partial charge in [0.05, 0.1) is 24.9 Å². The molecule has 8 heteroatoms. The summed E-state index contributed by atoms with van der Waals surface area (Å²) < 4.78 is 7.47. The number of ether oxygens (including phenoxy) is 1. The van der Waals surface area contributed by atoms with Crippen molar-refractivity contribution in [2.24, 2.45) is 0 Å². The number of anilines is 1. The molecule has 1 aliphatic rings. The maximum absolute atomic E-state index is 12.7. The molecule has 5 rings (SSSR count). The number of carbonyl (C=O) groups excluding carboxylic acids is 1. The van der Waals surface area contributed by atoms with E-state index in [2.05, 4.69) is 31.2 Å². The zero-order chi connectivity index (χ0) is 24.9. The van der Waals surface area contributed by atoms with Crippen LogP contribution in [0.5, 0.6) is 5.75 Å². The number of methoxy groups -OCH3 is 1. The Balaban J connectivity index is 1.44. The number of hydrogen-bond acceptors (Lipinski definition) is 4. The van der Waals surface area contributed by atoms with Crippen molar-refractivity contribution < 1.29 is 9.53 Å². The van der Waals surface area contributed by atoms with Crippen LogP contribution in [0.4, 0.5) is 5.69 Å². The summed E-state index contributed by atoms with van der Waals surface area (Å²) in [4.78, 5) is 19.4. The van der Waals surface area contributed by atoms with Gasteiger partial charge in [0.25, 0.3) is 0 Å². The number of hydrogen-bond donors (Lipinski definition) is 2. The van der Waals surface area contributed by atoms with Gasteiger partial charge in [-0.1, -0.05) is 24.3 Å². The Kier molecular flexibility index (Phi) is 6.95. The molecule has 1 fully saturated rings. The number of rotatable bonds is 8. The van der Waals surface area contributed by atoms with Gasteiger partial charge in [-0.25, -0.2) is 0 Å². The summed E-state index contributed by atoms with van der Waals surface area (Å²) >= 11 is 5.77. The molecule has 1 aliphatic heterocycles. The van der Waals surface area contributed by atoms with E-state index in [1.54, 1.807) is 13.3 Å². The number of pyridine rings is 1. The monoisotopic (exact) mass is 497 g/mol. The average molecular weight is 498 g/mol. The van der Waals surface area contributed by atoms with Gasteiger partial charge in [-0.2, -0.15) is 0 Å². The zero-order valence-corrected chi connectivity index (χ0v) is 20.7. The zero-order valence-electron chi connectivity index (χ0n) is 19.9. The number of nitrogens with zero attached hydrogens (tertiary/aromatic N) is 3. The van der Waals surface area contributed by atoms with Gasteiger partial charge >= 0.3 is 0 Å². The summed E-state index contributed by atoms with van der Waals surface area (Å²) in [7, 11) is 1.66. The van der Waals surface area contributed by atoms with Crippen LogP contribution in [0.25, 0.3) is 5.69 Å². The molecule has 3 heterocycles. The van der Waals surface area contributed by atoms with Crippen molar-refractivity contribution in [2.75, 3.05) is 19.0 Å². The molecule has 2 aromatic heterocycles. The summed E-state index contributed by atoms with van der Waals surface area (Å²) in [6, 6.07) is 27.1. The number of benzene rings is 2. The second kappa shape index (κ2) is 10.6. The van der Waals surface area contributed by atoms with Crippen molar-refractivity contribution in [1.82, 2.24) is 19.8 Å². The van der Waals surface area contributed by atoms with Crippen molar-refractivity contribution in [1.29, 1.82) is 0 Å². The van der Waals surface area contributed by atoms with Crippen LogP contribution in [0.2, 0.25) is 0 Å². The number of carbonyl (C=O) groups is 1. The molecule has 1 amide bonds. The first-order valence-corrected chi connectivity index (χ1v) is 12.2. The van der Waals surface area contributed by atoms with Gasteiger partial charge in [-0.05, 0) is 72.9 Å². The fourth-order valence-electron chi connectivity index (χ4n) is 4.55. The minimum absolute atomic E-state index is 0.0606. The third-order valence-electron chi connectivity index (χ3n) is 6.27. The number of amides is 1. The molecular formula is C28H27N5O2S. The van der Waals surface area contributed by atoms with Gasteiger partial charge in [0.2, 0.25) is 5.91 Å². The molecule has 0 spiro atoms. The highest BCUT2D eigenvalue weighted by Gasteiger charge is 2.41. The van der Waals surface area contributed by atoms with E-state index in [4.69, 9.17) is 17.0 Å². The third-order valence-corrected chi connectivity index (χ3v) is 6.62. The van der Waals surface area contributed by atoms with Crippen molar-refractivity contribution in [3.63, 3.8) is 0 Å². The van der Waals surface area contributed by atoms with Crippen molar-refractivity contribution >= 4 is 28.9 Å². The van der Waals surface area contributed by atoms with E-state index in [1.165, 1.54) is 0 Å². The number of para-hydroxylation sites is 1. The molecule has 2 atom stereocenters. The molecule has 182 valence electrons. The lowest BCUT2D eigenvalue weighted by Crippen LogP contribution is -2.33. The minimum Gasteiger partial charge on any atom is -0.497 e. The Bertz CT molecular complexity index is 1330. The van der Waals surface area contributed by atoms with E-state index in [0.717, 1.165) is 28.5 Å². The predicted octanol–water partition coefficient (Wildman–Crippen LogP) is 4.88. The van der Waals surface area contributed by atoms with Gasteiger partial charge in [0.1, 0.15) is 5.75 Å². The van der Waals surface area contributed by atoms with E-state index < -0.39 is 0 Å². The van der Waals surface area contributed by atoms with Crippen LogP contribution >= 0.6 is 12.2 Å². The SMILES string of the molecule is COc1ccc(-n2cccc2[C@H]2[C@H](c3ccccn3)NC(=S)N2CCC(=O)Nc2ccccc2)cc1. The third kappa shape index (κ3) is 4.94. The molecule has 0 saturated carbocycles. The van der Waals surface area contributed by atoms with Crippen LogP contribution in [0.15, 0.2) is 97.3 Å². The predicted molar refractivity (Wildman–Crippen MR) is 144 cm³/mol. The van der Waals surface area contributed by atoms with Crippen molar-refractivity contribution in [3.05, 3.63) is 109 Å². The summed E-state index contributed by atoms with van der Waals surface area (Å²) in [6.45, 7) is 0.465. The van der Waals surface area contributed by atoms with Gasteiger partial charge in [0.15, 0.2) is 5.11 Å². The Morgan fingerprint density at radius 1 is 1.03 bits per heavy atom. The standard InChI is InChI=1S/C28H27N5O2S/c1-35-22-14-12-21(13-15-22)32-18-7-11-24(32)27-26(23-10-5-6-17-29-23)31-28(36)33(27)19-16-25(34)30-20-8-3-2-4-9-20/h2-15,17-18,26-27H,16,19H2,1H3,(H,30,34)(H,31,36)/t26-,27-/m0/s1. The summed E-state index contributed by atoms with van der Waals surface area (Å²) in [6.07, 6.45) is 4.12. The second-order valence-corrected chi connectivity index (χ2v) is 8.87. The first kappa shape index (κ1) is 23.6. The molecule has 2 N–H and O–H groups in total. The van der Waals surface area contributed by atoms with Crippen LogP contribution in [0, 0.1) is 0 Å². The van der Waals surface area contributed by atoms with Crippen LogP contribution < -0.4 is 15.4 Å². The Labute approximate surface area is 215 Å². The van der Waals surface area contributed by atoms with Gasteiger partial charge in [-0.3, -0.25) is 9.78 Å². The molecule has 2 aromatic carbocycles. The maximum Gasteiger partial charge on any atom is 0.226 e. The number of thiocarbonyl (C=S) groups is 1. The molecule has 7 nitrogen and oxygen atoms in total. The second-order valence-electron chi connectivity index (χ2n) is 8.49. The lowest BCUT2D eigenvalue weighted by atomic mass is 10.0. The minimum atomic E-state index is -0.164. The summed E-state index contributed by atoms with van der Waals surface area (Å²) in [5, 5.41) is 7.02. The highest BCUT2D eigenvalue weighted by atomic mass is 32.1. The van der Waals surface area contributed by atoms with E-state index in [9.17, 15) is 4.79 Å². The largest absolute Gasteiger partial charge is 0.497 e. The summed E-state index contributed by atoms with van der Waals surface area (Å²) in [5.74, 6) is 0.739. The first-order chi connectivity index (χ1) is 17.6. The molecule has 0 radical (unpaired) electrons. The van der Waals surface area contributed by atoms with E-state index in [1.807, 2.05) is 85.1 Å². The van der Waals surface area contributed by atoms with E-state index in [-0.39, 0.29) is 18.0 Å². The average Bonchev–Trinajstić information content (AvgIpc) is 3.52. The van der Waals surface area contributed by atoms with Crippen LogP contribution in [0.3, 0.4) is 0 Å². The van der Waals surface area contributed by atoms with Crippen molar-refractivity contribution in [3.8, 4) is 11.4 Å². The van der Waals surface area contributed by atoms with E-state index in [0.29, 0.717) is 18.1 Å². The molecular weight excluding hydrogens is 470 g/mol. The number of nitrogens with one attached hydrogen (secondary N) is 2. The fraction of sp³-hybridized carbons (Fsp3) is 0.179. The van der Waals surface area contributed by atoms with Gasteiger partial charge < -0.3 is 24.8 Å². The first-order valence-electron chi connectivity index (χ1n) is 11.8. The Hall–Kier alpha value is -4.17. The fourth-order valence-corrected chi connectivity index (χ4v) is 4.88. The van der Waals surface area contributed by atoms with E-state index >= 15 is 0 Å². The quantitative estimate of drug-likeness (QED) is 0.338. The smallest absolute Gasteiger partial charge is 0.226 e. The van der Waals surface area contributed by atoms with Crippen LogP contribution in [0.1, 0.15) is 29.9 Å². The van der Waals surface area contributed by atoms with Gasteiger partial charge in [-0.15, -0.1) is 0 Å².